The average Bonchev–Trinajstić information content (AvgIpc) is 2.69. The predicted molar refractivity (Wildman–Crippen MR) is 68.8 cm³/mol. The smallest absolute Gasteiger partial charge is 0.148 e. The maximum Gasteiger partial charge on any atom is 0.148 e. The molecule has 0 fully saturated rings. The lowest BCUT2D eigenvalue weighted by Crippen LogP contribution is -2.10. The van der Waals surface area contributed by atoms with E-state index in [0.29, 0.717) is 0 Å². The van der Waals surface area contributed by atoms with E-state index in [1.165, 1.54) is 29.7 Å². The minimum absolute atomic E-state index is 0.732. The first-order valence-corrected chi connectivity index (χ1v) is 6.22. The second kappa shape index (κ2) is 4.24. The van der Waals surface area contributed by atoms with Crippen LogP contribution in [0, 0.1) is 0 Å². The minimum atomic E-state index is 0.732. The lowest BCUT2D eigenvalue weighted by Gasteiger charge is -2.13. The highest BCUT2D eigenvalue weighted by atomic mass is 15.3. The van der Waals surface area contributed by atoms with Crippen LogP contribution < -0.4 is 5.73 Å². The number of hydrogen-bond acceptors (Lipinski definition) is 2. The number of anilines is 1. The summed E-state index contributed by atoms with van der Waals surface area (Å²) in [6.45, 7) is 0.834. The fourth-order valence-corrected chi connectivity index (χ4v) is 2.59. The molecule has 1 aliphatic rings. The summed E-state index contributed by atoms with van der Waals surface area (Å²) in [5.41, 5.74) is 9.89. The standard InChI is InChI=1S/C14H17N3/c15-14-12-8-4-5-9-13(12)17(16-14)10-11-6-2-1-3-7-11/h1-3,6-7H,4-5,8-10H2,(H2,15,16). The van der Waals surface area contributed by atoms with Crippen LogP contribution in [-0.4, -0.2) is 9.78 Å². The van der Waals surface area contributed by atoms with Crippen LogP contribution in [-0.2, 0) is 19.4 Å². The zero-order chi connectivity index (χ0) is 11.7. The van der Waals surface area contributed by atoms with Crippen molar-refractivity contribution in [1.29, 1.82) is 0 Å². The van der Waals surface area contributed by atoms with Crippen LogP contribution in [0.5, 0.6) is 0 Å². The normalized spacial score (nSPS) is 14.6. The molecule has 3 heteroatoms. The molecule has 0 atom stereocenters. The molecule has 0 saturated carbocycles. The largest absolute Gasteiger partial charge is 0.382 e. The number of fused-ring (bicyclic) bond motifs is 1. The molecule has 0 amide bonds. The lowest BCUT2D eigenvalue weighted by atomic mass is 9.97. The first-order valence-electron chi connectivity index (χ1n) is 6.22. The van der Waals surface area contributed by atoms with E-state index in [0.717, 1.165) is 25.2 Å². The molecule has 0 unspecified atom stereocenters. The van der Waals surface area contributed by atoms with Gasteiger partial charge in [-0.25, -0.2) is 0 Å². The van der Waals surface area contributed by atoms with Gasteiger partial charge in [-0.2, -0.15) is 5.10 Å². The van der Waals surface area contributed by atoms with Crippen molar-refractivity contribution in [3.8, 4) is 0 Å². The molecule has 17 heavy (non-hydrogen) atoms. The number of hydrogen-bond donors (Lipinski definition) is 1. The molecule has 3 rings (SSSR count). The summed E-state index contributed by atoms with van der Waals surface area (Å²) in [5, 5.41) is 4.48. The zero-order valence-corrected chi connectivity index (χ0v) is 9.89. The second-order valence-electron chi connectivity index (χ2n) is 4.66. The van der Waals surface area contributed by atoms with Crippen LogP contribution in [0.3, 0.4) is 0 Å². The first kappa shape index (κ1) is 10.4. The molecular weight excluding hydrogens is 210 g/mol. The van der Waals surface area contributed by atoms with E-state index < -0.39 is 0 Å². The molecule has 0 aliphatic heterocycles. The van der Waals surface area contributed by atoms with E-state index in [1.807, 2.05) is 6.07 Å². The quantitative estimate of drug-likeness (QED) is 0.856. The van der Waals surface area contributed by atoms with Crippen LogP contribution in [0.15, 0.2) is 30.3 Å². The second-order valence-corrected chi connectivity index (χ2v) is 4.66. The number of benzene rings is 1. The molecule has 0 radical (unpaired) electrons. The Balaban J connectivity index is 1.93. The van der Waals surface area contributed by atoms with E-state index in [1.54, 1.807) is 0 Å². The Labute approximate surface area is 101 Å². The Morgan fingerprint density at radius 2 is 1.88 bits per heavy atom. The van der Waals surface area contributed by atoms with Crippen molar-refractivity contribution in [3.05, 3.63) is 47.2 Å². The van der Waals surface area contributed by atoms with Gasteiger partial charge in [-0.1, -0.05) is 30.3 Å². The van der Waals surface area contributed by atoms with E-state index in [9.17, 15) is 0 Å². The van der Waals surface area contributed by atoms with Gasteiger partial charge in [0.1, 0.15) is 5.82 Å². The number of aromatic nitrogens is 2. The summed E-state index contributed by atoms with van der Waals surface area (Å²) in [4.78, 5) is 0. The Morgan fingerprint density at radius 3 is 2.71 bits per heavy atom. The van der Waals surface area contributed by atoms with Gasteiger partial charge < -0.3 is 5.73 Å². The molecule has 0 bridgehead atoms. The van der Waals surface area contributed by atoms with Gasteiger partial charge in [-0.3, -0.25) is 4.68 Å². The van der Waals surface area contributed by atoms with Gasteiger partial charge in [0.15, 0.2) is 0 Å². The zero-order valence-electron chi connectivity index (χ0n) is 9.89. The van der Waals surface area contributed by atoms with Crippen molar-refractivity contribution in [2.24, 2.45) is 0 Å². The Morgan fingerprint density at radius 1 is 1.12 bits per heavy atom. The Kier molecular flexibility index (Phi) is 2.59. The topological polar surface area (TPSA) is 43.8 Å². The maximum absolute atomic E-state index is 5.98. The minimum Gasteiger partial charge on any atom is -0.382 e. The molecule has 0 spiro atoms. The van der Waals surface area contributed by atoms with Gasteiger partial charge in [0.2, 0.25) is 0 Å². The van der Waals surface area contributed by atoms with Crippen LogP contribution in [0.4, 0.5) is 5.82 Å². The van der Waals surface area contributed by atoms with Crippen molar-refractivity contribution in [1.82, 2.24) is 9.78 Å². The molecule has 2 aromatic rings. The maximum atomic E-state index is 5.98. The van der Waals surface area contributed by atoms with Gasteiger partial charge in [0.05, 0.1) is 6.54 Å². The van der Waals surface area contributed by atoms with Crippen molar-refractivity contribution in [3.63, 3.8) is 0 Å². The fourth-order valence-electron chi connectivity index (χ4n) is 2.59. The van der Waals surface area contributed by atoms with Crippen LogP contribution in [0.25, 0.3) is 0 Å². The molecule has 1 heterocycles. The van der Waals surface area contributed by atoms with Gasteiger partial charge in [0, 0.05) is 11.3 Å². The van der Waals surface area contributed by atoms with Crippen LogP contribution >= 0.6 is 0 Å². The molecule has 88 valence electrons. The number of nitrogens with zero attached hydrogens (tertiary/aromatic N) is 2. The third kappa shape index (κ3) is 1.93. The third-order valence-corrected chi connectivity index (χ3v) is 3.46. The third-order valence-electron chi connectivity index (χ3n) is 3.46. The highest BCUT2D eigenvalue weighted by molar-refractivity contribution is 5.44. The fraction of sp³-hybridized carbons (Fsp3) is 0.357. The molecule has 0 saturated heterocycles. The SMILES string of the molecule is Nc1nn(Cc2ccccc2)c2c1CCCC2. The van der Waals surface area contributed by atoms with E-state index in [4.69, 9.17) is 5.73 Å². The van der Waals surface area contributed by atoms with Crippen molar-refractivity contribution in [2.45, 2.75) is 32.2 Å². The summed E-state index contributed by atoms with van der Waals surface area (Å²) in [7, 11) is 0. The summed E-state index contributed by atoms with van der Waals surface area (Å²) in [6, 6.07) is 10.4. The molecule has 2 N–H and O–H groups in total. The summed E-state index contributed by atoms with van der Waals surface area (Å²) in [5.74, 6) is 0.732. The van der Waals surface area contributed by atoms with Gasteiger partial charge in [-0.05, 0) is 31.2 Å². The Bertz CT molecular complexity index is 514. The highest BCUT2D eigenvalue weighted by Crippen LogP contribution is 2.26. The lowest BCUT2D eigenvalue weighted by molar-refractivity contribution is 0.596. The Hall–Kier alpha value is -1.77. The van der Waals surface area contributed by atoms with Crippen molar-refractivity contribution < 1.29 is 0 Å². The van der Waals surface area contributed by atoms with Gasteiger partial charge in [0.25, 0.3) is 0 Å². The highest BCUT2D eigenvalue weighted by Gasteiger charge is 2.18. The number of nitrogen functional groups attached to an aromatic ring is 1. The van der Waals surface area contributed by atoms with E-state index in [2.05, 4.69) is 34.0 Å². The molecule has 1 aromatic carbocycles. The molecule has 1 aromatic heterocycles. The molecule has 1 aliphatic carbocycles. The predicted octanol–water partition coefficient (Wildman–Crippen LogP) is 2.39. The van der Waals surface area contributed by atoms with E-state index >= 15 is 0 Å². The van der Waals surface area contributed by atoms with Gasteiger partial charge in [-0.15, -0.1) is 0 Å². The number of nitrogens with two attached hydrogens (primary N) is 1. The van der Waals surface area contributed by atoms with Gasteiger partial charge >= 0.3 is 0 Å². The first-order chi connectivity index (χ1) is 8.34. The van der Waals surface area contributed by atoms with E-state index in [-0.39, 0.29) is 0 Å². The van der Waals surface area contributed by atoms with Crippen LogP contribution in [0.2, 0.25) is 0 Å². The molecular formula is C14H17N3. The summed E-state index contributed by atoms with van der Waals surface area (Å²) >= 11 is 0. The van der Waals surface area contributed by atoms with Crippen molar-refractivity contribution in [2.75, 3.05) is 5.73 Å². The average molecular weight is 227 g/mol. The van der Waals surface area contributed by atoms with Crippen molar-refractivity contribution >= 4 is 5.82 Å². The number of rotatable bonds is 2. The summed E-state index contributed by atoms with van der Waals surface area (Å²) < 4.78 is 2.08. The monoisotopic (exact) mass is 227 g/mol. The van der Waals surface area contributed by atoms with Crippen LogP contribution in [0.1, 0.15) is 29.7 Å². The molecule has 3 nitrogen and oxygen atoms in total. The summed E-state index contributed by atoms with van der Waals surface area (Å²) in [6.07, 6.45) is 4.71.